The minimum atomic E-state index is -3.77. The number of carbonyl (C=O) groups is 1. The highest BCUT2D eigenvalue weighted by atomic mass is 35.5. The van der Waals surface area contributed by atoms with Crippen LogP contribution in [-0.4, -0.2) is 40.3 Å². The zero-order valence-corrected chi connectivity index (χ0v) is 16.9. The Morgan fingerprint density at radius 3 is 2.63 bits per heavy atom. The van der Waals surface area contributed by atoms with Crippen molar-refractivity contribution in [1.29, 1.82) is 0 Å². The molecule has 0 bridgehead atoms. The van der Waals surface area contributed by atoms with Crippen LogP contribution in [0.4, 0.5) is 11.4 Å². The van der Waals surface area contributed by atoms with Gasteiger partial charge < -0.3 is 9.64 Å². The third kappa shape index (κ3) is 3.75. The van der Waals surface area contributed by atoms with Crippen molar-refractivity contribution in [3.8, 4) is 5.75 Å². The molecule has 144 valence electrons. The predicted octanol–water partition coefficient (Wildman–Crippen LogP) is 3.09. The number of sulfonamides is 1. The number of amides is 1. The Bertz CT molecular complexity index is 977. The predicted molar refractivity (Wildman–Crippen MR) is 107 cm³/mol. The lowest BCUT2D eigenvalue weighted by atomic mass is 10.2. The summed E-state index contributed by atoms with van der Waals surface area (Å²) in [6, 6.07) is 11.4. The van der Waals surface area contributed by atoms with Gasteiger partial charge in [-0.1, -0.05) is 29.8 Å². The summed E-state index contributed by atoms with van der Waals surface area (Å²) in [7, 11) is -2.33. The monoisotopic (exact) mass is 408 g/mol. The molecule has 8 heteroatoms. The second kappa shape index (κ2) is 7.40. The van der Waals surface area contributed by atoms with E-state index in [-0.39, 0.29) is 11.6 Å². The van der Waals surface area contributed by atoms with Gasteiger partial charge in [-0.2, -0.15) is 0 Å². The maximum absolute atomic E-state index is 13.2. The lowest BCUT2D eigenvalue weighted by molar-refractivity contribution is -0.119. The molecule has 1 atom stereocenters. The molecule has 0 fully saturated rings. The number of para-hydroxylation sites is 1. The lowest BCUT2D eigenvalue weighted by Crippen LogP contribution is -2.49. The summed E-state index contributed by atoms with van der Waals surface area (Å²) in [5.74, 6) is 0.0266. The van der Waals surface area contributed by atoms with Crippen molar-refractivity contribution in [3.05, 3.63) is 53.1 Å². The Kier molecular flexibility index (Phi) is 5.35. The van der Waals surface area contributed by atoms with Crippen LogP contribution in [0.3, 0.4) is 0 Å². The van der Waals surface area contributed by atoms with Gasteiger partial charge in [-0.05, 0) is 43.2 Å². The van der Waals surface area contributed by atoms with E-state index in [9.17, 15) is 13.2 Å². The molecule has 0 saturated heterocycles. The molecule has 0 radical (unpaired) electrons. The zero-order valence-electron chi connectivity index (χ0n) is 15.3. The minimum absolute atomic E-state index is 0.237. The van der Waals surface area contributed by atoms with Crippen LogP contribution in [0.15, 0.2) is 42.5 Å². The topological polar surface area (TPSA) is 66.9 Å². The van der Waals surface area contributed by atoms with Crippen molar-refractivity contribution in [2.24, 2.45) is 0 Å². The fourth-order valence-corrected chi connectivity index (χ4v) is 4.73. The first-order chi connectivity index (χ1) is 12.7. The molecular weight excluding hydrogens is 388 g/mol. The Morgan fingerprint density at radius 1 is 1.26 bits per heavy atom. The summed E-state index contributed by atoms with van der Waals surface area (Å²) >= 11 is 6.07. The van der Waals surface area contributed by atoms with Crippen LogP contribution in [-0.2, 0) is 21.2 Å². The van der Waals surface area contributed by atoms with Crippen molar-refractivity contribution in [1.82, 2.24) is 0 Å². The Labute approximate surface area is 164 Å². The van der Waals surface area contributed by atoms with Crippen molar-refractivity contribution in [2.45, 2.75) is 19.4 Å². The highest BCUT2D eigenvalue weighted by Crippen LogP contribution is 2.35. The number of benzene rings is 2. The van der Waals surface area contributed by atoms with E-state index in [1.54, 1.807) is 24.0 Å². The van der Waals surface area contributed by atoms with E-state index in [1.807, 2.05) is 24.3 Å². The van der Waals surface area contributed by atoms with E-state index in [1.165, 1.54) is 13.2 Å². The summed E-state index contributed by atoms with van der Waals surface area (Å²) in [5, 5.41) is 0.352. The number of nitrogens with zero attached hydrogens (tertiary/aromatic N) is 2. The third-order valence-corrected chi connectivity index (χ3v) is 6.06. The third-order valence-electron chi connectivity index (χ3n) is 4.60. The lowest BCUT2D eigenvalue weighted by Gasteiger charge is -2.32. The molecule has 0 aliphatic carbocycles. The number of hydrogen-bond donors (Lipinski definition) is 0. The van der Waals surface area contributed by atoms with E-state index < -0.39 is 16.1 Å². The van der Waals surface area contributed by atoms with Crippen molar-refractivity contribution in [3.63, 3.8) is 0 Å². The largest absolute Gasteiger partial charge is 0.495 e. The molecule has 2 aromatic carbocycles. The molecule has 1 amide bonds. The van der Waals surface area contributed by atoms with Gasteiger partial charge >= 0.3 is 0 Å². The van der Waals surface area contributed by atoms with Crippen molar-refractivity contribution in [2.75, 3.05) is 29.1 Å². The molecule has 0 unspecified atom stereocenters. The maximum atomic E-state index is 13.2. The summed E-state index contributed by atoms with van der Waals surface area (Å²) in [6.45, 7) is 2.09. The average molecular weight is 409 g/mol. The van der Waals surface area contributed by atoms with Gasteiger partial charge in [0.25, 0.3) is 5.91 Å². The van der Waals surface area contributed by atoms with E-state index in [4.69, 9.17) is 16.3 Å². The van der Waals surface area contributed by atoms with E-state index in [0.717, 1.165) is 28.2 Å². The van der Waals surface area contributed by atoms with Crippen LogP contribution in [0, 0.1) is 0 Å². The number of fused-ring (bicyclic) bond motifs is 1. The minimum Gasteiger partial charge on any atom is -0.495 e. The maximum Gasteiger partial charge on any atom is 0.250 e. The summed E-state index contributed by atoms with van der Waals surface area (Å²) in [4.78, 5) is 14.8. The molecule has 0 spiro atoms. The van der Waals surface area contributed by atoms with Gasteiger partial charge in [0.15, 0.2) is 0 Å². The van der Waals surface area contributed by atoms with Crippen molar-refractivity contribution >= 4 is 38.9 Å². The normalized spacial score (nSPS) is 14.6. The van der Waals surface area contributed by atoms with Gasteiger partial charge in [0.2, 0.25) is 10.0 Å². The highest BCUT2D eigenvalue weighted by molar-refractivity contribution is 7.92. The van der Waals surface area contributed by atoms with Gasteiger partial charge in [0.1, 0.15) is 11.8 Å². The molecule has 1 aliphatic rings. The Morgan fingerprint density at radius 2 is 1.96 bits per heavy atom. The number of hydrogen-bond acceptors (Lipinski definition) is 4. The van der Waals surface area contributed by atoms with Crippen LogP contribution in [0.2, 0.25) is 5.02 Å². The van der Waals surface area contributed by atoms with Crippen LogP contribution in [0.25, 0.3) is 0 Å². The second-order valence-corrected chi connectivity index (χ2v) is 8.72. The number of rotatable bonds is 5. The summed E-state index contributed by atoms with van der Waals surface area (Å²) < 4.78 is 31.5. The fraction of sp³-hybridized carbons (Fsp3) is 0.316. The Hall–Kier alpha value is -2.25. The molecule has 6 nitrogen and oxygen atoms in total. The van der Waals surface area contributed by atoms with Crippen LogP contribution < -0.4 is 13.9 Å². The first-order valence-electron chi connectivity index (χ1n) is 8.46. The summed E-state index contributed by atoms with van der Waals surface area (Å²) in [6.07, 6.45) is 1.81. The van der Waals surface area contributed by atoms with Gasteiger partial charge in [-0.15, -0.1) is 0 Å². The van der Waals surface area contributed by atoms with Gasteiger partial charge in [0.05, 0.1) is 19.1 Å². The van der Waals surface area contributed by atoms with Crippen molar-refractivity contribution < 1.29 is 17.9 Å². The Balaban J connectivity index is 2.02. The van der Waals surface area contributed by atoms with Crippen LogP contribution in [0.1, 0.15) is 12.5 Å². The van der Waals surface area contributed by atoms with E-state index in [0.29, 0.717) is 17.3 Å². The molecule has 2 aromatic rings. The molecule has 0 N–H and O–H groups in total. The smallest absolute Gasteiger partial charge is 0.250 e. The van der Waals surface area contributed by atoms with Gasteiger partial charge in [-0.25, -0.2) is 8.42 Å². The highest BCUT2D eigenvalue weighted by Gasteiger charge is 2.36. The van der Waals surface area contributed by atoms with Gasteiger partial charge in [0, 0.05) is 17.3 Å². The van der Waals surface area contributed by atoms with E-state index in [2.05, 4.69) is 0 Å². The number of halogens is 1. The standard InChI is InChI=1S/C19H21ClN2O4S/c1-13(19(23)21-11-10-14-6-4-5-7-16(14)21)22(27(3,24)25)17-12-15(20)8-9-18(17)26-2/h4-9,12-13H,10-11H2,1-3H3/t13-/m0/s1. The molecule has 3 rings (SSSR count). The molecule has 27 heavy (non-hydrogen) atoms. The molecule has 1 aliphatic heterocycles. The number of methoxy groups -OCH3 is 1. The first-order valence-corrected chi connectivity index (χ1v) is 10.7. The molecule has 0 saturated carbocycles. The number of anilines is 2. The molecular formula is C19H21ClN2O4S. The number of ether oxygens (including phenoxy) is 1. The second-order valence-electron chi connectivity index (χ2n) is 6.42. The number of carbonyl (C=O) groups excluding carboxylic acids is 1. The zero-order chi connectivity index (χ0) is 19.8. The summed E-state index contributed by atoms with van der Waals surface area (Å²) in [5.41, 5.74) is 2.13. The first kappa shape index (κ1) is 19.5. The van der Waals surface area contributed by atoms with Gasteiger partial charge in [-0.3, -0.25) is 9.10 Å². The quantitative estimate of drug-likeness (QED) is 0.762. The molecule has 1 heterocycles. The van der Waals surface area contributed by atoms with Crippen LogP contribution in [0.5, 0.6) is 5.75 Å². The SMILES string of the molecule is COc1ccc(Cl)cc1N([C@@H](C)C(=O)N1CCc2ccccc21)S(C)(=O)=O. The van der Waals surface area contributed by atoms with E-state index >= 15 is 0 Å². The van der Waals surface area contributed by atoms with Crippen LogP contribution >= 0.6 is 11.6 Å². The molecule has 0 aromatic heterocycles. The fourth-order valence-electron chi connectivity index (χ4n) is 3.40. The average Bonchev–Trinajstić information content (AvgIpc) is 3.04.